The molecule has 11 heteroatoms. The van der Waals surface area contributed by atoms with Crippen LogP contribution in [0, 0.1) is 12.7 Å². The molecule has 0 aliphatic heterocycles. The van der Waals surface area contributed by atoms with Crippen LogP contribution in [0.5, 0.6) is 0 Å². The van der Waals surface area contributed by atoms with Crippen LogP contribution in [0.15, 0.2) is 35.0 Å². The van der Waals surface area contributed by atoms with Crippen molar-refractivity contribution in [2.24, 2.45) is 0 Å². The van der Waals surface area contributed by atoms with Gasteiger partial charge in [0.2, 0.25) is 5.95 Å². The standard InChI is InChI=1S/C16H13F4N5O2/c1-7-11-9(17)3-2-4-10(11)27-12(7)13(16(18,19)20)25-15(26)24-8-5-22-14(21)23-6-8/h2-6,13H,1H3,(H2,21,22,23)(H2,24,25,26)/t13-/m1/s1. The highest BCUT2D eigenvalue weighted by atomic mass is 19.4. The van der Waals surface area contributed by atoms with Crippen molar-refractivity contribution in [3.05, 3.63) is 47.7 Å². The van der Waals surface area contributed by atoms with Crippen LogP contribution < -0.4 is 16.4 Å². The number of anilines is 2. The Kier molecular flexibility index (Phi) is 4.60. The second kappa shape index (κ2) is 6.74. The molecule has 0 saturated carbocycles. The lowest BCUT2D eigenvalue weighted by Gasteiger charge is -2.20. The van der Waals surface area contributed by atoms with Gasteiger partial charge in [-0.25, -0.2) is 19.2 Å². The van der Waals surface area contributed by atoms with Crippen molar-refractivity contribution in [3.8, 4) is 0 Å². The van der Waals surface area contributed by atoms with Crippen LogP contribution >= 0.6 is 0 Å². The van der Waals surface area contributed by atoms with Crippen molar-refractivity contribution < 1.29 is 26.8 Å². The molecule has 0 bridgehead atoms. The number of furan rings is 1. The predicted molar refractivity (Wildman–Crippen MR) is 88.3 cm³/mol. The maximum Gasteiger partial charge on any atom is 0.416 e. The molecule has 1 aromatic carbocycles. The van der Waals surface area contributed by atoms with Crippen molar-refractivity contribution in [2.45, 2.75) is 19.1 Å². The van der Waals surface area contributed by atoms with Crippen LogP contribution in [0.2, 0.25) is 0 Å². The Labute approximate surface area is 149 Å². The maximum atomic E-state index is 13.9. The van der Waals surface area contributed by atoms with Gasteiger partial charge in [0, 0.05) is 5.56 Å². The van der Waals surface area contributed by atoms with E-state index in [-0.39, 0.29) is 28.2 Å². The Balaban J connectivity index is 1.91. The summed E-state index contributed by atoms with van der Waals surface area (Å²) in [6, 6.07) is 0.103. The zero-order valence-electron chi connectivity index (χ0n) is 13.8. The molecule has 0 aliphatic carbocycles. The van der Waals surface area contributed by atoms with Gasteiger partial charge in [-0.15, -0.1) is 0 Å². The Morgan fingerprint density at radius 1 is 1.26 bits per heavy atom. The molecule has 0 saturated heterocycles. The second-order valence-electron chi connectivity index (χ2n) is 5.61. The number of hydrogen-bond acceptors (Lipinski definition) is 5. The Morgan fingerprint density at radius 3 is 2.52 bits per heavy atom. The van der Waals surface area contributed by atoms with E-state index in [0.29, 0.717) is 0 Å². The Hall–Kier alpha value is -3.37. The first kappa shape index (κ1) is 18.4. The van der Waals surface area contributed by atoms with Gasteiger partial charge in [0.15, 0.2) is 6.04 Å². The first-order valence-corrected chi connectivity index (χ1v) is 7.56. The molecular weight excluding hydrogens is 370 g/mol. The van der Waals surface area contributed by atoms with Gasteiger partial charge in [0.1, 0.15) is 17.2 Å². The highest BCUT2D eigenvalue weighted by Crippen LogP contribution is 2.39. The first-order chi connectivity index (χ1) is 12.7. The number of carbonyl (C=O) groups excluding carboxylic acids is 1. The van der Waals surface area contributed by atoms with Crippen LogP contribution in [-0.4, -0.2) is 22.2 Å². The van der Waals surface area contributed by atoms with Crippen LogP contribution in [0.3, 0.4) is 0 Å². The maximum absolute atomic E-state index is 13.9. The fourth-order valence-electron chi connectivity index (χ4n) is 2.54. The minimum atomic E-state index is -4.88. The number of nitrogens with zero attached hydrogens (tertiary/aromatic N) is 2. The van der Waals surface area contributed by atoms with Gasteiger partial charge in [-0.1, -0.05) is 6.07 Å². The van der Waals surface area contributed by atoms with E-state index in [9.17, 15) is 22.4 Å². The summed E-state index contributed by atoms with van der Waals surface area (Å²) >= 11 is 0. The van der Waals surface area contributed by atoms with Gasteiger partial charge < -0.3 is 20.8 Å². The van der Waals surface area contributed by atoms with Gasteiger partial charge in [-0.05, 0) is 19.1 Å². The van der Waals surface area contributed by atoms with E-state index in [1.807, 2.05) is 0 Å². The number of alkyl halides is 3. The minimum absolute atomic E-state index is 0.0370. The minimum Gasteiger partial charge on any atom is -0.458 e. The molecule has 4 N–H and O–H groups in total. The quantitative estimate of drug-likeness (QED) is 0.599. The van der Waals surface area contributed by atoms with Crippen molar-refractivity contribution in [3.63, 3.8) is 0 Å². The van der Waals surface area contributed by atoms with E-state index in [1.165, 1.54) is 19.1 Å². The fourth-order valence-corrected chi connectivity index (χ4v) is 2.54. The first-order valence-electron chi connectivity index (χ1n) is 7.56. The van der Waals surface area contributed by atoms with Gasteiger partial charge in [0.05, 0.1) is 23.5 Å². The van der Waals surface area contributed by atoms with E-state index in [0.717, 1.165) is 18.5 Å². The highest BCUT2D eigenvalue weighted by molar-refractivity contribution is 5.89. The molecule has 0 radical (unpaired) electrons. The molecule has 142 valence electrons. The van der Waals surface area contributed by atoms with Crippen molar-refractivity contribution in [2.75, 3.05) is 11.1 Å². The lowest BCUT2D eigenvalue weighted by molar-refractivity contribution is -0.158. The van der Waals surface area contributed by atoms with Crippen molar-refractivity contribution in [1.29, 1.82) is 0 Å². The van der Waals surface area contributed by atoms with Crippen LogP contribution in [0.25, 0.3) is 11.0 Å². The molecule has 3 rings (SSSR count). The topological polar surface area (TPSA) is 106 Å². The molecular formula is C16H13F4N5O2. The predicted octanol–water partition coefficient (Wildman–Crippen LogP) is 3.68. The molecule has 2 aromatic heterocycles. The fraction of sp³-hybridized carbons (Fsp3) is 0.188. The van der Waals surface area contributed by atoms with E-state index in [1.54, 1.807) is 5.32 Å². The van der Waals surface area contributed by atoms with E-state index < -0.39 is 29.8 Å². The van der Waals surface area contributed by atoms with Gasteiger partial charge in [-0.2, -0.15) is 13.2 Å². The number of hydrogen-bond donors (Lipinski definition) is 3. The zero-order valence-corrected chi connectivity index (χ0v) is 13.8. The number of aryl methyl sites for hydroxylation is 1. The molecule has 2 amide bonds. The number of fused-ring (bicyclic) bond motifs is 1. The lowest BCUT2D eigenvalue weighted by Crippen LogP contribution is -2.40. The molecule has 2 heterocycles. The van der Waals surface area contributed by atoms with E-state index in [4.69, 9.17) is 10.2 Å². The molecule has 0 spiro atoms. The highest BCUT2D eigenvalue weighted by Gasteiger charge is 2.45. The average molecular weight is 383 g/mol. The third-order valence-corrected chi connectivity index (χ3v) is 3.73. The van der Waals surface area contributed by atoms with Crippen LogP contribution in [0.4, 0.5) is 34.0 Å². The number of benzene rings is 1. The SMILES string of the molecule is Cc1c([C@@H](NC(=O)Nc2cnc(N)nc2)C(F)(F)F)oc2cccc(F)c12. The number of carbonyl (C=O) groups is 1. The number of urea groups is 1. The van der Waals surface area contributed by atoms with Gasteiger partial charge in [0.25, 0.3) is 0 Å². The lowest BCUT2D eigenvalue weighted by atomic mass is 10.1. The van der Waals surface area contributed by atoms with E-state index in [2.05, 4.69) is 15.3 Å². The zero-order chi connectivity index (χ0) is 19.8. The molecule has 7 nitrogen and oxygen atoms in total. The van der Waals surface area contributed by atoms with Crippen molar-refractivity contribution >= 4 is 28.6 Å². The largest absolute Gasteiger partial charge is 0.458 e. The molecule has 0 fully saturated rings. The van der Waals surface area contributed by atoms with Crippen LogP contribution in [0.1, 0.15) is 17.4 Å². The molecule has 27 heavy (non-hydrogen) atoms. The summed E-state index contributed by atoms with van der Waals surface area (Å²) in [5.74, 6) is -1.38. The van der Waals surface area contributed by atoms with Crippen molar-refractivity contribution in [1.82, 2.24) is 15.3 Å². The number of halogens is 4. The summed E-state index contributed by atoms with van der Waals surface area (Å²) in [4.78, 5) is 19.2. The summed E-state index contributed by atoms with van der Waals surface area (Å²) in [6.45, 7) is 1.29. The number of nitrogens with one attached hydrogen (secondary N) is 2. The monoisotopic (exact) mass is 383 g/mol. The molecule has 0 unspecified atom stereocenters. The summed E-state index contributed by atoms with van der Waals surface area (Å²) in [7, 11) is 0. The Bertz CT molecular complexity index is 985. The molecule has 0 aliphatic rings. The summed E-state index contributed by atoms with van der Waals surface area (Å²) in [5.41, 5.74) is 5.23. The van der Waals surface area contributed by atoms with Gasteiger partial charge >= 0.3 is 12.2 Å². The number of nitrogens with two attached hydrogens (primary N) is 1. The Morgan fingerprint density at radius 2 is 1.93 bits per heavy atom. The summed E-state index contributed by atoms with van der Waals surface area (Å²) < 4.78 is 59.7. The number of nitrogen functional groups attached to an aromatic ring is 1. The average Bonchev–Trinajstić information content (AvgIpc) is 2.91. The number of rotatable bonds is 3. The van der Waals surface area contributed by atoms with Crippen LogP contribution in [-0.2, 0) is 0 Å². The molecule has 1 atom stereocenters. The smallest absolute Gasteiger partial charge is 0.416 e. The second-order valence-corrected chi connectivity index (χ2v) is 5.61. The van der Waals surface area contributed by atoms with E-state index >= 15 is 0 Å². The molecule has 3 aromatic rings. The number of aromatic nitrogens is 2. The third-order valence-electron chi connectivity index (χ3n) is 3.73. The van der Waals surface area contributed by atoms with Gasteiger partial charge in [-0.3, -0.25) is 0 Å². The normalized spacial score (nSPS) is 12.8. The third kappa shape index (κ3) is 3.76. The summed E-state index contributed by atoms with van der Waals surface area (Å²) in [5, 5.41) is 3.87. The summed E-state index contributed by atoms with van der Waals surface area (Å²) in [6.07, 6.45) is -2.62. The number of amides is 2.